The van der Waals surface area contributed by atoms with Crippen LogP contribution in [-0.4, -0.2) is 22.9 Å². The number of para-hydroxylation sites is 1. The van der Waals surface area contributed by atoms with Crippen molar-refractivity contribution in [3.8, 4) is 5.75 Å². The molecular formula is C14H14BrNO4. The summed E-state index contributed by atoms with van der Waals surface area (Å²) >= 11 is 3.28. The highest BCUT2D eigenvalue weighted by molar-refractivity contribution is 9.09. The average molecular weight is 340 g/mol. The number of rotatable bonds is 5. The summed E-state index contributed by atoms with van der Waals surface area (Å²) in [4.78, 5) is 15.7. The molecule has 0 aliphatic heterocycles. The first-order valence-corrected chi connectivity index (χ1v) is 7.23. The number of aromatic nitrogens is 1. The Hall–Kier alpha value is -1.82. The molecule has 0 saturated carbocycles. The highest BCUT2D eigenvalue weighted by atomic mass is 79.9. The maximum absolute atomic E-state index is 11.4. The Morgan fingerprint density at radius 2 is 2.30 bits per heavy atom. The Balaban J connectivity index is 2.27. The fourth-order valence-electron chi connectivity index (χ4n) is 1.67. The monoisotopic (exact) mass is 339 g/mol. The molecule has 0 radical (unpaired) electrons. The minimum atomic E-state index is -0.439. The fourth-order valence-corrected chi connectivity index (χ4v) is 1.94. The van der Waals surface area contributed by atoms with Crippen molar-refractivity contribution in [2.75, 3.05) is 11.9 Å². The molecule has 0 bridgehead atoms. The minimum Gasteiger partial charge on any atom is -0.463 e. The third-order valence-electron chi connectivity index (χ3n) is 2.43. The zero-order chi connectivity index (χ0) is 14.5. The minimum absolute atomic E-state index is 0.322. The van der Waals surface area contributed by atoms with Crippen molar-refractivity contribution in [1.82, 2.24) is 4.98 Å². The van der Waals surface area contributed by atoms with Crippen LogP contribution in [0.4, 0.5) is 0 Å². The Morgan fingerprint density at radius 3 is 3.00 bits per heavy atom. The Bertz CT molecular complexity index is 648. The summed E-state index contributed by atoms with van der Waals surface area (Å²) in [7, 11) is 0. The molecule has 0 fully saturated rings. The van der Waals surface area contributed by atoms with Gasteiger partial charge in [0.25, 0.3) is 0 Å². The van der Waals surface area contributed by atoms with E-state index in [0.29, 0.717) is 40.4 Å². The van der Waals surface area contributed by atoms with Gasteiger partial charge in [0, 0.05) is 6.92 Å². The molecule has 1 aromatic heterocycles. The number of hydrogen-bond acceptors (Lipinski definition) is 5. The second-order valence-corrected chi connectivity index (χ2v) is 4.49. The van der Waals surface area contributed by atoms with Gasteiger partial charge < -0.3 is 13.9 Å². The summed E-state index contributed by atoms with van der Waals surface area (Å²) in [6, 6.07) is 5.38. The molecule has 20 heavy (non-hydrogen) atoms. The number of carbonyl (C=O) groups is 1. The van der Waals surface area contributed by atoms with Gasteiger partial charge in [-0.1, -0.05) is 22.0 Å². The predicted octanol–water partition coefficient (Wildman–Crippen LogP) is 3.36. The van der Waals surface area contributed by atoms with Gasteiger partial charge in [-0.15, -0.1) is 0 Å². The van der Waals surface area contributed by atoms with E-state index in [0.717, 1.165) is 0 Å². The van der Waals surface area contributed by atoms with Crippen LogP contribution in [0.25, 0.3) is 11.1 Å². The van der Waals surface area contributed by atoms with Gasteiger partial charge in [-0.05, 0) is 19.1 Å². The standard InChI is InChI=1S/C14H14BrNO4/c1-3-18-13(17)7-10(8-15)20-12-6-4-5-11-14(12)16-9(2)19-11/h4-7H,3,8H2,1-2H3. The maximum Gasteiger partial charge on any atom is 0.334 e. The SMILES string of the molecule is CCOC(=O)C=C(CBr)Oc1cccc2oc(C)nc12. The molecule has 0 amide bonds. The van der Waals surface area contributed by atoms with E-state index >= 15 is 0 Å². The molecule has 5 nitrogen and oxygen atoms in total. The molecule has 0 N–H and O–H groups in total. The topological polar surface area (TPSA) is 61.6 Å². The maximum atomic E-state index is 11.4. The first kappa shape index (κ1) is 14.6. The number of aryl methyl sites for hydroxylation is 1. The normalized spacial score (nSPS) is 11.7. The summed E-state index contributed by atoms with van der Waals surface area (Å²) in [5.74, 6) is 1.10. The Labute approximate surface area is 124 Å². The lowest BCUT2D eigenvalue weighted by atomic mass is 10.3. The summed E-state index contributed by atoms with van der Waals surface area (Å²) in [5, 5.41) is 0.388. The number of benzene rings is 1. The van der Waals surface area contributed by atoms with E-state index < -0.39 is 5.97 Å². The Kier molecular flexibility index (Phi) is 4.79. The van der Waals surface area contributed by atoms with Gasteiger partial charge in [-0.3, -0.25) is 0 Å². The number of nitrogens with zero attached hydrogens (tertiary/aromatic N) is 1. The van der Waals surface area contributed by atoms with Crippen molar-refractivity contribution >= 4 is 33.0 Å². The molecule has 1 aromatic carbocycles. The number of halogens is 1. The van der Waals surface area contributed by atoms with Crippen molar-refractivity contribution in [2.45, 2.75) is 13.8 Å². The molecule has 6 heteroatoms. The average Bonchev–Trinajstić information content (AvgIpc) is 2.79. The van der Waals surface area contributed by atoms with Gasteiger partial charge in [-0.2, -0.15) is 0 Å². The highest BCUT2D eigenvalue weighted by Gasteiger charge is 2.11. The first-order valence-electron chi connectivity index (χ1n) is 6.11. The van der Waals surface area contributed by atoms with E-state index in [-0.39, 0.29) is 0 Å². The molecule has 0 spiro atoms. The highest BCUT2D eigenvalue weighted by Crippen LogP contribution is 2.27. The lowest BCUT2D eigenvalue weighted by molar-refractivity contribution is -0.137. The van der Waals surface area contributed by atoms with Gasteiger partial charge in [0.2, 0.25) is 0 Å². The van der Waals surface area contributed by atoms with Crippen LogP contribution in [-0.2, 0) is 9.53 Å². The first-order chi connectivity index (χ1) is 9.63. The molecule has 0 atom stereocenters. The van der Waals surface area contributed by atoms with Crippen LogP contribution in [0.3, 0.4) is 0 Å². The largest absolute Gasteiger partial charge is 0.463 e. The number of alkyl halides is 1. The number of esters is 1. The lowest BCUT2D eigenvalue weighted by Crippen LogP contribution is -2.05. The molecule has 106 valence electrons. The van der Waals surface area contributed by atoms with Crippen molar-refractivity contribution < 1.29 is 18.7 Å². The van der Waals surface area contributed by atoms with Gasteiger partial charge in [0.05, 0.1) is 18.0 Å². The number of oxazole rings is 1. The van der Waals surface area contributed by atoms with Crippen molar-refractivity contribution in [1.29, 1.82) is 0 Å². The zero-order valence-corrected chi connectivity index (χ0v) is 12.8. The number of hydrogen-bond donors (Lipinski definition) is 0. The molecule has 0 aliphatic carbocycles. The van der Waals surface area contributed by atoms with Crippen LogP contribution in [0.5, 0.6) is 5.75 Å². The van der Waals surface area contributed by atoms with Gasteiger partial charge in [0.15, 0.2) is 22.7 Å². The molecule has 2 aromatic rings. The quantitative estimate of drug-likeness (QED) is 0.361. The second-order valence-electron chi connectivity index (χ2n) is 3.93. The molecule has 0 aliphatic rings. The molecular weight excluding hydrogens is 326 g/mol. The number of fused-ring (bicyclic) bond motifs is 1. The lowest BCUT2D eigenvalue weighted by Gasteiger charge is -2.07. The number of allylic oxidation sites excluding steroid dienone is 1. The third-order valence-corrected chi connectivity index (χ3v) is 2.98. The summed E-state index contributed by atoms with van der Waals surface area (Å²) in [5.41, 5.74) is 1.27. The predicted molar refractivity (Wildman–Crippen MR) is 77.9 cm³/mol. The number of ether oxygens (including phenoxy) is 2. The van der Waals surface area contributed by atoms with E-state index in [4.69, 9.17) is 13.9 Å². The Morgan fingerprint density at radius 1 is 1.50 bits per heavy atom. The molecule has 2 rings (SSSR count). The van der Waals surface area contributed by atoms with E-state index in [1.165, 1.54) is 6.08 Å². The van der Waals surface area contributed by atoms with Gasteiger partial charge in [0.1, 0.15) is 5.76 Å². The smallest absolute Gasteiger partial charge is 0.334 e. The van der Waals surface area contributed by atoms with Crippen LogP contribution in [0, 0.1) is 6.92 Å². The zero-order valence-electron chi connectivity index (χ0n) is 11.2. The van der Waals surface area contributed by atoms with Crippen LogP contribution in [0.15, 0.2) is 34.5 Å². The molecule has 1 heterocycles. The van der Waals surface area contributed by atoms with Crippen LogP contribution in [0.2, 0.25) is 0 Å². The van der Waals surface area contributed by atoms with Gasteiger partial charge >= 0.3 is 5.97 Å². The van der Waals surface area contributed by atoms with Crippen LogP contribution in [0.1, 0.15) is 12.8 Å². The van der Waals surface area contributed by atoms with Crippen molar-refractivity contribution in [3.05, 3.63) is 35.9 Å². The number of carbonyl (C=O) groups excluding carboxylic acids is 1. The van der Waals surface area contributed by atoms with Crippen LogP contribution >= 0.6 is 15.9 Å². The van der Waals surface area contributed by atoms with E-state index in [9.17, 15) is 4.79 Å². The summed E-state index contributed by atoms with van der Waals surface area (Å²) in [6.45, 7) is 3.84. The second kappa shape index (κ2) is 6.56. The van der Waals surface area contributed by atoms with E-state index in [1.807, 2.05) is 6.07 Å². The summed E-state index contributed by atoms with van der Waals surface area (Å²) in [6.07, 6.45) is 1.31. The van der Waals surface area contributed by atoms with Gasteiger partial charge in [-0.25, -0.2) is 9.78 Å². The van der Waals surface area contributed by atoms with Crippen molar-refractivity contribution in [2.24, 2.45) is 0 Å². The van der Waals surface area contributed by atoms with Crippen LogP contribution < -0.4 is 4.74 Å². The summed E-state index contributed by atoms with van der Waals surface area (Å²) < 4.78 is 16.0. The van der Waals surface area contributed by atoms with Crippen molar-refractivity contribution in [3.63, 3.8) is 0 Å². The third kappa shape index (κ3) is 3.39. The molecule has 0 saturated heterocycles. The fraction of sp³-hybridized carbons (Fsp3) is 0.286. The molecule has 0 unspecified atom stereocenters. The van der Waals surface area contributed by atoms with E-state index in [2.05, 4.69) is 20.9 Å². The van der Waals surface area contributed by atoms with E-state index in [1.54, 1.807) is 26.0 Å².